The Labute approximate surface area is 177 Å². The Bertz CT molecular complexity index is 1080. The smallest absolute Gasteiger partial charge is 0.255 e. The number of sulfonamides is 1. The highest BCUT2D eigenvalue weighted by atomic mass is 32.2. The molecule has 0 saturated heterocycles. The number of nitrogens with zero attached hydrogens (tertiary/aromatic N) is 1. The molecule has 0 aliphatic carbocycles. The van der Waals surface area contributed by atoms with Gasteiger partial charge in [0.2, 0.25) is 10.0 Å². The number of carbonyl (C=O) groups excluding carboxylic acids is 2. The molecule has 1 aliphatic heterocycles. The number of carbonyl (C=O) groups is 2. The van der Waals surface area contributed by atoms with Gasteiger partial charge in [-0.05, 0) is 55.2 Å². The zero-order valence-corrected chi connectivity index (χ0v) is 18.4. The fraction of sp³-hybridized carbons (Fsp3) is 0.364. The summed E-state index contributed by atoms with van der Waals surface area (Å²) >= 11 is 0. The molecule has 1 unspecified atom stereocenters. The van der Waals surface area contributed by atoms with E-state index < -0.39 is 10.0 Å². The maximum atomic E-state index is 12.8. The second-order valence-electron chi connectivity index (χ2n) is 8.06. The minimum Gasteiger partial charge on any atom is -0.352 e. The van der Waals surface area contributed by atoms with E-state index in [0.717, 1.165) is 5.56 Å². The molecule has 7 nitrogen and oxygen atoms in total. The molecule has 1 heterocycles. The van der Waals surface area contributed by atoms with Crippen LogP contribution in [-0.4, -0.2) is 39.1 Å². The quantitative estimate of drug-likeness (QED) is 0.738. The SMILES string of the molecule is CC(C)CNC(=O)c1ccccc1NC(=O)c1ccc2c(c1)CC(C)N2S(C)(=O)=O. The van der Waals surface area contributed by atoms with Crippen molar-refractivity contribution < 1.29 is 18.0 Å². The van der Waals surface area contributed by atoms with Crippen LogP contribution < -0.4 is 14.9 Å². The number of hydrogen-bond acceptors (Lipinski definition) is 4. The fourth-order valence-electron chi connectivity index (χ4n) is 3.63. The average Bonchev–Trinajstić information content (AvgIpc) is 3.01. The van der Waals surface area contributed by atoms with Gasteiger partial charge in [0.05, 0.1) is 23.2 Å². The number of rotatable bonds is 6. The Morgan fingerprint density at radius 1 is 1.13 bits per heavy atom. The van der Waals surface area contributed by atoms with Crippen LogP contribution in [0.25, 0.3) is 0 Å². The third-order valence-electron chi connectivity index (χ3n) is 4.94. The van der Waals surface area contributed by atoms with Crippen molar-refractivity contribution in [3.8, 4) is 0 Å². The van der Waals surface area contributed by atoms with E-state index in [4.69, 9.17) is 0 Å². The second kappa shape index (κ2) is 8.47. The molecule has 0 saturated carbocycles. The Hall–Kier alpha value is -2.87. The molecule has 8 heteroatoms. The second-order valence-corrected chi connectivity index (χ2v) is 9.92. The Morgan fingerprint density at radius 2 is 1.83 bits per heavy atom. The van der Waals surface area contributed by atoms with Crippen molar-refractivity contribution in [1.82, 2.24) is 5.32 Å². The minimum atomic E-state index is -3.39. The number of anilines is 2. The summed E-state index contributed by atoms with van der Waals surface area (Å²) in [5.41, 5.74) is 2.65. The number of para-hydroxylation sites is 1. The van der Waals surface area contributed by atoms with Crippen LogP contribution in [-0.2, 0) is 16.4 Å². The zero-order chi connectivity index (χ0) is 22.1. The van der Waals surface area contributed by atoms with Crippen LogP contribution in [0.4, 0.5) is 11.4 Å². The van der Waals surface area contributed by atoms with E-state index in [-0.39, 0.29) is 17.9 Å². The number of benzene rings is 2. The molecular formula is C22H27N3O4S. The van der Waals surface area contributed by atoms with Crippen LogP contribution in [0, 0.1) is 5.92 Å². The number of nitrogens with one attached hydrogen (secondary N) is 2. The molecule has 2 amide bonds. The maximum absolute atomic E-state index is 12.8. The van der Waals surface area contributed by atoms with Crippen molar-refractivity contribution in [1.29, 1.82) is 0 Å². The summed E-state index contributed by atoms with van der Waals surface area (Å²) in [4.78, 5) is 25.3. The highest BCUT2D eigenvalue weighted by Crippen LogP contribution is 2.34. The molecule has 0 aromatic heterocycles. The Balaban J connectivity index is 1.82. The zero-order valence-electron chi connectivity index (χ0n) is 17.6. The molecular weight excluding hydrogens is 402 g/mol. The Morgan fingerprint density at radius 3 is 2.50 bits per heavy atom. The first-order valence-corrected chi connectivity index (χ1v) is 11.7. The van der Waals surface area contributed by atoms with E-state index in [9.17, 15) is 18.0 Å². The van der Waals surface area contributed by atoms with Crippen molar-refractivity contribution in [3.05, 3.63) is 59.2 Å². The van der Waals surface area contributed by atoms with Gasteiger partial charge in [-0.2, -0.15) is 0 Å². The summed E-state index contributed by atoms with van der Waals surface area (Å²) in [6.45, 7) is 6.40. The summed E-state index contributed by atoms with van der Waals surface area (Å²) in [5, 5.41) is 5.66. The van der Waals surface area contributed by atoms with Crippen molar-refractivity contribution in [2.45, 2.75) is 33.2 Å². The summed E-state index contributed by atoms with van der Waals surface area (Å²) in [5.74, 6) is -0.283. The van der Waals surface area contributed by atoms with Crippen LogP contribution in [0.5, 0.6) is 0 Å². The fourth-order valence-corrected chi connectivity index (χ4v) is 4.89. The molecule has 30 heavy (non-hydrogen) atoms. The molecule has 1 atom stereocenters. The Kier molecular flexibility index (Phi) is 6.17. The maximum Gasteiger partial charge on any atom is 0.255 e. The van der Waals surface area contributed by atoms with Crippen LogP contribution in [0.3, 0.4) is 0 Å². The third-order valence-corrected chi connectivity index (χ3v) is 6.21. The number of hydrogen-bond donors (Lipinski definition) is 2. The van der Waals surface area contributed by atoms with E-state index >= 15 is 0 Å². The lowest BCUT2D eigenvalue weighted by Crippen LogP contribution is -2.34. The van der Waals surface area contributed by atoms with Crippen molar-refractivity contribution >= 4 is 33.2 Å². The van der Waals surface area contributed by atoms with Crippen molar-refractivity contribution in [2.24, 2.45) is 5.92 Å². The van der Waals surface area contributed by atoms with Gasteiger partial charge in [0.25, 0.3) is 11.8 Å². The summed E-state index contributed by atoms with van der Waals surface area (Å²) < 4.78 is 25.5. The van der Waals surface area contributed by atoms with E-state index in [0.29, 0.717) is 41.4 Å². The molecule has 0 fully saturated rings. The van der Waals surface area contributed by atoms with E-state index in [1.54, 1.807) is 42.5 Å². The summed E-state index contributed by atoms with van der Waals surface area (Å²) in [6.07, 6.45) is 1.72. The standard InChI is InChI=1S/C22H27N3O4S/c1-14(2)13-23-22(27)18-7-5-6-8-19(18)24-21(26)16-9-10-20-17(12-16)11-15(3)25(20)30(4,28)29/h5-10,12,14-15H,11,13H2,1-4H3,(H,23,27)(H,24,26). The predicted molar refractivity (Wildman–Crippen MR) is 118 cm³/mol. The molecule has 2 aromatic rings. The van der Waals surface area contributed by atoms with E-state index in [2.05, 4.69) is 10.6 Å². The van der Waals surface area contributed by atoms with Gasteiger partial charge < -0.3 is 10.6 Å². The first-order valence-electron chi connectivity index (χ1n) is 9.89. The molecule has 160 valence electrons. The average molecular weight is 430 g/mol. The molecule has 3 rings (SSSR count). The summed E-state index contributed by atoms with van der Waals surface area (Å²) in [6, 6.07) is 11.6. The van der Waals surface area contributed by atoms with E-state index in [1.807, 2.05) is 20.8 Å². The molecule has 1 aliphatic rings. The minimum absolute atomic E-state index is 0.196. The van der Waals surface area contributed by atoms with Crippen LogP contribution in [0.2, 0.25) is 0 Å². The van der Waals surface area contributed by atoms with Crippen molar-refractivity contribution in [2.75, 3.05) is 22.4 Å². The number of fused-ring (bicyclic) bond motifs is 1. The molecule has 0 spiro atoms. The first-order chi connectivity index (χ1) is 14.1. The van der Waals surface area contributed by atoms with Crippen LogP contribution >= 0.6 is 0 Å². The number of amides is 2. The van der Waals surface area contributed by atoms with Gasteiger partial charge in [-0.15, -0.1) is 0 Å². The largest absolute Gasteiger partial charge is 0.352 e. The highest BCUT2D eigenvalue weighted by molar-refractivity contribution is 7.92. The van der Waals surface area contributed by atoms with Crippen LogP contribution in [0.15, 0.2) is 42.5 Å². The van der Waals surface area contributed by atoms with Gasteiger partial charge in [-0.3, -0.25) is 13.9 Å². The van der Waals surface area contributed by atoms with Gasteiger partial charge in [0.15, 0.2) is 0 Å². The lowest BCUT2D eigenvalue weighted by Gasteiger charge is -2.21. The van der Waals surface area contributed by atoms with Crippen LogP contribution in [0.1, 0.15) is 47.1 Å². The van der Waals surface area contributed by atoms with Gasteiger partial charge in [-0.1, -0.05) is 26.0 Å². The first kappa shape index (κ1) is 21.8. The predicted octanol–water partition coefficient (Wildman–Crippen LogP) is 3.04. The lowest BCUT2D eigenvalue weighted by molar-refractivity contribution is 0.0950. The third kappa shape index (κ3) is 4.64. The molecule has 0 radical (unpaired) electrons. The molecule has 0 bridgehead atoms. The van der Waals surface area contributed by atoms with Gasteiger partial charge >= 0.3 is 0 Å². The topological polar surface area (TPSA) is 95.6 Å². The normalized spacial score (nSPS) is 15.8. The van der Waals surface area contributed by atoms with Gasteiger partial charge in [0, 0.05) is 18.2 Å². The highest BCUT2D eigenvalue weighted by Gasteiger charge is 2.32. The molecule has 2 N–H and O–H groups in total. The van der Waals surface area contributed by atoms with Crippen molar-refractivity contribution in [3.63, 3.8) is 0 Å². The van der Waals surface area contributed by atoms with Gasteiger partial charge in [-0.25, -0.2) is 8.42 Å². The summed E-state index contributed by atoms with van der Waals surface area (Å²) in [7, 11) is -3.39. The van der Waals surface area contributed by atoms with E-state index in [1.165, 1.54) is 10.6 Å². The molecule has 2 aromatic carbocycles. The monoisotopic (exact) mass is 429 g/mol. The van der Waals surface area contributed by atoms with Gasteiger partial charge in [0.1, 0.15) is 0 Å². The lowest BCUT2D eigenvalue weighted by atomic mass is 10.1.